The molecule has 5 aromatic carbocycles. The molecular formula is C72H116NP2Si4+. The van der Waals surface area contributed by atoms with E-state index in [0.717, 1.165) is 0 Å². The zero-order valence-corrected chi connectivity index (χ0v) is 58.8. The summed E-state index contributed by atoms with van der Waals surface area (Å²) in [6, 6.07) is 71.9. The van der Waals surface area contributed by atoms with Crippen molar-refractivity contribution >= 4 is 89.7 Å². The maximum absolute atomic E-state index is 5.11. The normalized spacial score (nSPS) is 15.8. The molecule has 5 aromatic rings. The van der Waals surface area contributed by atoms with Crippen LogP contribution in [-0.4, -0.2) is 38.0 Å². The predicted octanol–water partition coefficient (Wildman–Crippen LogP) is 19.5. The molecule has 0 atom stereocenters. The summed E-state index contributed by atoms with van der Waals surface area (Å²) in [6.07, 6.45) is 20.5. The topological polar surface area (TPSA) is 12.0 Å². The largest absolute Gasteiger partial charge is 0.154 e. The van der Waals surface area contributed by atoms with Gasteiger partial charge in [-0.25, -0.2) is 0 Å². The van der Waals surface area contributed by atoms with E-state index in [2.05, 4.69) is 210 Å². The highest BCUT2D eigenvalue weighted by molar-refractivity contribution is 7.96. The van der Waals surface area contributed by atoms with Gasteiger partial charge in [0.25, 0.3) is 0 Å². The van der Waals surface area contributed by atoms with E-state index < -0.39 is 47.8 Å². The van der Waals surface area contributed by atoms with E-state index in [1.54, 1.807) is 36.9 Å². The molecule has 0 heterocycles. The maximum Gasteiger partial charge on any atom is 0.153 e. The van der Waals surface area contributed by atoms with E-state index in [0.29, 0.717) is 11.6 Å². The number of hydrogen-bond acceptors (Lipinski definition) is 1. The first-order valence-electron chi connectivity index (χ1n) is 33.4. The van der Waals surface area contributed by atoms with Crippen LogP contribution in [0.1, 0.15) is 197 Å². The van der Waals surface area contributed by atoms with Gasteiger partial charge in [-0.1, -0.05) is 357 Å². The lowest BCUT2D eigenvalue weighted by atomic mass is 9.84. The Morgan fingerprint density at radius 1 is 0.329 bits per heavy atom. The molecule has 1 saturated carbocycles. The number of hydrogen-bond donors (Lipinski definition) is 1. The molecule has 1 N–H and O–H groups in total. The second-order valence-corrected chi connectivity index (χ2v) is 49.6. The molecule has 1 fully saturated rings. The van der Waals surface area contributed by atoms with Gasteiger partial charge in [-0.2, -0.15) is 4.86 Å². The minimum absolute atomic E-state index is 0.540. The lowest BCUT2D eigenvalue weighted by molar-refractivity contribution is 0.448. The fraction of sp³-hybridized carbons (Fsp3) is 0.583. The van der Waals surface area contributed by atoms with Gasteiger partial charge in [0.1, 0.15) is 10.6 Å². The fourth-order valence-electron chi connectivity index (χ4n) is 16.7. The summed E-state index contributed by atoms with van der Waals surface area (Å²) in [5.41, 5.74) is 2.09. The van der Waals surface area contributed by atoms with Crippen molar-refractivity contribution in [2.45, 2.75) is 270 Å². The number of rotatable bonds is 36. The van der Waals surface area contributed by atoms with Crippen LogP contribution in [0.25, 0.3) is 0 Å². The molecular weight excluding hydrogens is 1050 g/mol. The third-order valence-electron chi connectivity index (χ3n) is 19.8. The van der Waals surface area contributed by atoms with E-state index in [9.17, 15) is 0 Å². The molecule has 79 heavy (non-hydrogen) atoms. The zero-order valence-electron chi connectivity index (χ0n) is 53.0. The lowest BCUT2D eigenvalue weighted by Crippen LogP contribution is -2.49. The first kappa shape index (κ1) is 65.9. The van der Waals surface area contributed by atoms with Crippen LogP contribution in [-0.2, 0) is 0 Å². The van der Waals surface area contributed by atoms with Crippen LogP contribution in [0, 0.1) is 0 Å². The molecule has 1 aliphatic carbocycles. The standard InChI is InChI=1S/C72H116NP2Si4/c1-13-50-76(51-14-2,52-15-3)69-42-32-64(33-43-69)74(65-34-44-70(45-35-65)77(53-16-4,54-17-5)55-18-6)73-75(66-36-30-63(31-37-66)62-28-26-25-27-29-62,67-38-46-71(47-39-67)78(56-19-7,57-20-8)58-21-9)68-40-48-72(49-41-68)79(59-22-10,60-23-11)61-24-12/h25-29,32-35,38-49,63,66,73H,13-24,30-31,36-37,50-61H2,1-12H3/q+1. The van der Waals surface area contributed by atoms with Crippen molar-refractivity contribution in [3.8, 4) is 0 Å². The summed E-state index contributed by atoms with van der Waals surface area (Å²) in [5, 5.41) is 13.1. The van der Waals surface area contributed by atoms with Crippen LogP contribution in [0.4, 0.5) is 0 Å². The molecule has 0 amide bonds. The molecule has 0 spiro atoms. The van der Waals surface area contributed by atoms with E-state index in [1.165, 1.54) is 186 Å². The highest BCUT2D eigenvalue weighted by Crippen LogP contribution is 2.66. The molecule has 0 aliphatic heterocycles. The van der Waals surface area contributed by atoms with Crippen LogP contribution >= 0.6 is 15.5 Å². The molecule has 0 bridgehead atoms. The van der Waals surface area contributed by atoms with Crippen molar-refractivity contribution in [2.75, 3.05) is 0 Å². The summed E-state index contributed by atoms with van der Waals surface area (Å²) in [5.74, 6) is 0.621. The summed E-state index contributed by atoms with van der Waals surface area (Å²) < 4.78 is 0. The van der Waals surface area contributed by atoms with Gasteiger partial charge in [-0.15, -0.1) is 0 Å². The smallest absolute Gasteiger partial charge is 0.153 e. The third-order valence-corrected chi connectivity index (χ3v) is 51.0. The molecule has 434 valence electrons. The van der Waals surface area contributed by atoms with Crippen molar-refractivity contribution in [2.24, 2.45) is 0 Å². The Morgan fingerprint density at radius 3 is 0.835 bits per heavy atom. The molecule has 6 rings (SSSR count). The van der Waals surface area contributed by atoms with Crippen molar-refractivity contribution < 1.29 is 0 Å². The predicted molar refractivity (Wildman–Crippen MR) is 375 cm³/mol. The minimum Gasteiger partial charge on any atom is -0.154 e. The third kappa shape index (κ3) is 15.6. The Kier molecular flexibility index (Phi) is 27.3. The SMILES string of the molecule is CCC[Si](CCC)(CCC)c1ccc(P(N[P+](c2ccc([Si](CCC)(CCC)CCC)cc2)(c2ccc([Si](CCC)(CCC)CCC)cc2)C2CCC(c3ccccc3)CC2)c2ccc([Si](CCC)(CCC)CCC)cc2)cc1. The molecule has 0 aromatic heterocycles. The highest BCUT2D eigenvalue weighted by Gasteiger charge is 2.54. The Morgan fingerprint density at radius 2 is 0.582 bits per heavy atom. The van der Waals surface area contributed by atoms with E-state index in [4.69, 9.17) is 4.86 Å². The van der Waals surface area contributed by atoms with Gasteiger partial charge in [0.15, 0.2) is 7.41 Å². The second-order valence-electron chi connectivity index (χ2n) is 25.4. The summed E-state index contributed by atoms with van der Waals surface area (Å²) >= 11 is 0. The Labute approximate surface area is 494 Å². The van der Waals surface area contributed by atoms with Crippen molar-refractivity contribution in [3.63, 3.8) is 0 Å². The van der Waals surface area contributed by atoms with Crippen molar-refractivity contribution in [1.82, 2.24) is 4.86 Å². The summed E-state index contributed by atoms with van der Waals surface area (Å²) in [4.78, 5) is 5.11. The van der Waals surface area contributed by atoms with Gasteiger partial charge in [0, 0.05) is 0 Å². The quantitative estimate of drug-likeness (QED) is 0.0311. The zero-order chi connectivity index (χ0) is 56.8. The van der Waals surface area contributed by atoms with Gasteiger partial charge in [-0.3, -0.25) is 0 Å². The minimum atomic E-state index is -2.34. The van der Waals surface area contributed by atoms with Gasteiger partial charge in [0.2, 0.25) is 0 Å². The van der Waals surface area contributed by atoms with Gasteiger partial charge >= 0.3 is 0 Å². The van der Waals surface area contributed by atoms with Crippen LogP contribution in [0.2, 0.25) is 72.5 Å². The average Bonchev–Trinajstić information content (AvgIpc) is 3.65. The summed E-state index contributed by atoms with van der Waals surface area (Å²) in [6.45, 7) is 29.4. The van der Waals surface area contributed by atoms with Crippen LogP contribution in [0.3, 0.4) is 0 Å². The van der Waals surface area contributed by atoms with E-state index >= 15 is 0 Å². The van der Waals surface area contributed by atoms with Gasteiger partial charge in [-0.05, 0) is 72.0 Å². The van der Waals surface area contributed by atoms with E-state index in [1.807, 2.05) is 0 Å². The number of nitrogens with one attached hydrogen (secondary N) is 1. The monoisotopic (exact) mass is 1170 g/mol. The summed E-state index contributed by atoms with van der Waals surface area (Å²) in [7, 11) is -9.96. The lowest BCUT2D eigenvalue weighted by Gasteiger charge is -2.41. The Hall–Kier alpha value is -2.21. The average molecular weight is 1170 g/mol. The molecule has 1 aliphatic rings. The van der Waals surface area contributed by atoms with Crippen LogP contribution in [0.5, 0.6) is 0 Å². The molecule has 0 unspecified atom stereocenters. The van der Waals surface area contributed by atoms with E-state index in [-0.39, 0.29) is 0 Å². The number of benzene rings is 5. The first-order valence-corrected chi connectivity index (χ1v) is 47.1. The Balaban J connectivity index is 1.69. The fourth-order valence-corrected chi connectivity index (χ4v) is 46.6. The van der Waals surface area contributed by atoms with Gasteiger partial charge < -0.3 is 0 Å². The first-order chi connectivity index (χ1) is 38.5. The molecule has 7 heteroatoms. The van der Waals surface area contributed by atoms with Crippen LogP contribution in [0.15, 0.2) is 127 Å². The molecule has 0 saturated heterocycles. The van der Waals surface area contributed by atoms with Gasteiger partial charge in [0.05, 0.1) is 46.0 Å². The van der Waals surface area contributed by atoms with Crippen molar-refractivity contribution in [1.29, 1.82) is 0 Å². The molecule has 0 radical (unpaired) electrons. The second kappa shape index (κ2) is 32.7. The maximum atomic E-state index is 5.11. The van der Waals surface area contributed by atoms with Crippen LogP contribution < -0.4 is 46.8 Å². The molecule has 1 nitrogen and oxygen atoms in total. The Bertz CT molecular complexity index is 2240. The highest BCUT2D eigenvalue weighted by atomic mass is 31.2. The van der Waals surface area contributed by atoms with Crippen molar-refractivity contribution in [3.05, 3.63) is 133 Å².